The highest BCUT2D eigenvalue weighted by atomic mass is 79.9. The van der Waals surface area contributed by atoms with Gasteiger partial charge in [0.25, 0.3) is 0 Å². The number of aromatic nitrogens is 4. The Bertz CT molecular complexity index is 3430. The molecule has 2 aliphatic rings. The Balaban J connectivity index is 1.46. The molecule has 8 bridgehead atoms. The highest BCUT2D eigenvalue weighted by Crippen LogP contribution is 2.50. The Morgan fingerprint density at radius 2 is 0.614 bits per heavy atom. The number of benzene rings is 5. The minimum absolute atomic E-state index is 0.296. The van der Waals surface area contributed by atoms with E-state index in [9.17, 15) is 10.5 Å². The summed E-state index contributed by atoms with van der Waals surface area (Å²) in [7, 11) is 0. The van der Waals surface area contributed by atoms with E-state index in [-0.39, 0.29) is 0 Å². The largest absolute Gasteiger partial charge is 0.354 e. The number of halogens is 2. The van der Waals surface area contributed by atoms with Gasteiger partial charge in [-0.05, 0) is 136 Å². The smallest absolute Gasteiger partial charge is 0.101 e. The molecule has 6 nitrogen and oxygen atoms in total. The fourth-order valence-electron chi connectivity index (χ4n) is 9.73. The van der Waals surface area contributed by atoms with Gasteiger partial charge in [-0.3, -0.25) is 0 Å². The zero-order chi connectivity index (χ0) is 49.1. The summed E-state index contributed by atoms with van der Waals surface area (Å²) in [6.07, 6.45) is 0. The third kappa shape index (κ3) is 8.23. The molecule has 10 rings (SSSR count). The lowest BCUT2D eigenvalue weighted by Gasteiger charge is -2.11. The second-order valence-electron chi connectivity index (χ2n) is 19.6. The molecule has 0 fully saturated rings. The molecule has 5 heterocycles. The summed E-state index contributed by atoms with van der Waals surface area (Å²) in [5.41, 5.74) is 21.0. The standard InChI is InChI=1S/C62H52Br2N6/c1-33(2)37-9-17-41(18-10-37)53-49-25-27-51(67-49)55(43-21-13-39(14-22-43)35(5)6)61-57(63)58(64)62(70-61)56(44-23-15-40(16-24-44)36(7)8)52-28-26-50(68-52)54(42-19-11-38(12-20-42)34(3)4)60-48-30-46(32-66)45(31-65)29-47(48)59(53)69-60/h9-30,33-36,67-68H,1-8H3. The minimum Gasteiger partial charge on any atom is -0.354 e. The maximum absolute atomic E-state index is 10.6. The molecule has 8 heteroatoms. The van der Waals surface area contributed by atoms with Crippen LogP contribution in [0.2, 0.25) is 0 Å². The first kappa shape index (κ1) is 46.6. The van der Waals surface area contributed by atoms with Crippen LogP contribution in [0.4, 0.5) is 0 Å². The van der Waals surface area contributed by atoms with Crippen molar-refractivity contribution in [1.29, 1.82) is 10.5 Å². The van der Waals surface area contributed by atoms with Crippen LogP contribution < -0.4 is 0 Å². The van der Waals surface area contributed by atoms with Gasteiger partial charge >= 0.3 is 0 Å². The number of hydrogen-bond donors (Lipinski definition) is 2. The van der Waals surface area contributed by atoms with Crippen molar-refractivity contribution in [3.63, 3.8) is 0 Å². The van der Waals surface area contributed by atoms with Crippen LogP contribution in [0.25, 0.3) is 98.1 Å². The number of nitrogens with zero attached hydrogens (tertiary/aromatic N) is 4. The molecule has 3 aromatic heterocycles. The summed E-state index contributed by atoms with van der Waals surface area (Å²) in [6.45, 7) is 17.6. The minimum atomic E-state index is 0.296. The molecule has 0 spiro atoms. The van der Waals surface area contributed by atoms with Gasteiger partial charge in [0.1, 0.15) is 12.1 Å². The summed E-state index contributed by atoms with van der Waals surface area (Å²) in [4.78, 5) is 19.2. The van der Waals surface area contributed by atoms with Crippen LogP contribution in [0, 0.1) is 22.7 Å². The zero-order valence-electron chi connectivity index (χ0n) is 40.6. The molecule has 0 atom stereocenters. The lowest BCUT2D eigenvalue weighted by Crippen LogP contribution is -1.92. The highest BCUT2D eigenvalue weighted by molar-refractivity contribution is 9.18. The monoisotopic (exact) mass is 1040 g/mol. The number of aromatic amines is 2. The molecular formula is C62H52Br2N6. The molecule has 0 saturated carbocycles. The predicted molar refractivity (Wildman–Crippen MR) is 298 cm³/mol. The lowest BCUT2D eigenvalue weighted by molar-refractivity contribution is 0.867. The maximum atomic E-state index is 10.6. The van der Waals surface area contributed by atoms with E-state index in [4.69, 9.17) is 9.97 Å². The summed E-state index contributed by atoms with van der Waals surface area (Å²) in [6, 6.07) is 51.9. The molecule has 5 aromatic carbocycles. The van der Waals surface area contributed by atoms with Crippen LogP contribution >= 0.6 is 31.9 Å². The van der Waals surface area contributed by atoms with Gasteiger partial charge in [-0.1, -0.05) is 152 Å². The van der Waals surface area contributed by atoms with E-state index in [2.05, 4.69) is 231 Å². The Morgan fingerprint density at radius 3 is 0.857 bits per heavy atom. The summed E-state index contributed by atoms with van der Waals surface area (Å²) < 4.78 is 1.68. The first-order valence-corrected chi connectivity index (χ1v) is 25.6. The van der Waals surface area contributed by atoms with Crippen molar-refractivity contribution in [3.05, 3.63) is 178 Å². The van der Waals surface area contributed by atoms with Crippen LogP contribution in [0.5, 0.6) is 0 Å². The molecule has 0 unspecified atom stereocenters. The van der Waals surface area contributed by atoms with E-state index in [1.54, 1.807) is 0 Å². The van der Waals surface area contributed by atoms with Gasteiger partial charge < -0.3 is 9.97 Å². The quantitative estimate of drug-likeness (QED) is 0.158. The van der Waals surface area contributed by atoms with E-state index < -0.39 is 0 Å². The molecule has 2 aliphatic heterocycles. The fraction of sp³-hybridized carbons (Fsp3) is 0.194. The zero-order valence-corrected chi connectivity index (χ0v) is 43.7. The van der Waals surface area contributed by atoms with E-state index in [1.807, 2.05) is 12.1 Å². The van der Waals surface area contributed by atoms with Crippen LogP contribution in [0.15, 0.2) is 133 Å². The number of fused-ring (bicyclic) bond motifs is 11. The molecule has 8 aromatic rings. The van der Waals surface area contributed by atoms with Crippen molar-refractivity contribution in [1.82, 2.24) is 19.9 Å². The number of H-pyrrole nitrogens is 2. The second-order valence-corrected chi connectivity index (χ2v) is 21.2. The Hall–Kier alpha value is -7.10. The van der Waals surface area contributed by atoms with Gasteiger partial charge in [-0.15, -0.1) is 0 Å². The van der Waals surface area contributed by atoms with Gasteiger partial charge in [-0.2, -0.15) is 10.5 Å². The van der Waals surface area contributed by atoms with Crippen LogP contribution in [-0.2, 0) is 0 Å². The summed E-state index contributed by atoms with van der Waals surface area (Å²) in [5, 5.41) is 21.1. The van der Waals surface area contributed by atoms with Crippen LogP contribution in [-0.4, -0.2) is 19.9 Å². The van der Waals surface area contributed by atoms with Gasteiger partial charge in [0.15, 0.2) is 0 Å². The molecule has 344 valence electrons. The molecule has 0 amide bonds. The van der Waals surface area contributed by atoms with Gasteiger partial charge in [0.2, 0.25) is 0 Å². The Labute approximate surface area is 427 Å². The highest BCUT2D eigenvalue weighted by Gasteiger charge is 2.29. The second kappa shape index (κ2) is 18.7. The number of rotatable bonds is 8. The van der Waals surface area contributed by atoms with Gasteiger partial charge in [-0.25, -0.2) is 9.97 Å². The maximum Gasteiger partial charge on any atom is 0.101 e. The van der Waals surface area contributed by atoms with Crippen molar-refractivity contribution in [2.24, 2.45) is 0 Å². The van der Waals surface area contributed by atoms with E-state index in [1.165, 1.54) is 22.3 Å². The third-order valence-electron chi connectivity index (χ3n) is 13.8. The predicted octanol–water partition coefficient (Wildman–Crippen LogP) is 18.2. The molecule has 0 radical (unpaired) electrons. The van der Waals surface area contributed by atoms with Crippen molar-refractivity contribution >= 4 is 62.9 Å². The number of nitrogens with one attached hydrogen (secondary N) is 2. The summed E-state index contributed by atoms with van der Waals surface area (Å²) in [5.74, 6) is 1.39. The lowest BCUT2D eigenvalue weighted by atomic mass is 9.91. The average molecular weight is 1040 g/mol. The fourth-order valence-corrected chi connectivity index (χ4v) is 10.7. The Morgan fingerprint density at radius 1 is 0.371 bits per heavy atom. The Kier molecular flexibility index (Phi) is 12.4. The van der Waals surface area contributed by atoms with E-state index in [0.29, 0.717) is 46.2 Å². The van der Waals surface area contributed by atoms with Crippen LogP contribution in [0.3, 0.4) is 0 Å². The molecular weight excluding hydrogens is 989 g/mol. The number of hydrogen-bond acceptors (Lipinski definition) is 4. The van der Waals surface area contributed by atoms with Crippen LogP contribution in [0.1, 0.15) is 124 Å². The van der Waals surface area contributed by atoms with E-state index in [0.717, 1.165) is 98.1 Å². The van der Waals surface area contributed by atoms with Crippen molar-refractivity contribution in [2.45, 2.75) is 79.1 Å². The number of nitriles is 2. The average Bonchev–Trinajstić information content (AvgIpc) is 4.18. The molecule has 70 heavy (non-hydrogen) atoms. The van der Waals surface area contributed by atoms with Gasteiger partial charge in [0, 0.05) is 55.4 Å². The molecule has 0 aliphatic carbocycles. The first-order valence-electron chi connectivity index (χ1n) is 24.0. The van der Waals surface area contributed by atoms with Gasteiger partial charge in [0.05, 0.1) is 42.9 Å². The third-order valence-corrected chi connectivity index (χ3v) is 15.9. The SMILES string of the molecule is CC(C)c1ccc(-c2c3nc(c(-c4ccc(C(C)C)cc4)c4ccc([nH]4)c(-c4ccc(C(C)C)cc4)c4nc(c(-c5ccc(C(C)C)cc5)c5ccc2[nH]5)-c2cc(C#N)c(C#N)cc2-4)C(Br)=C3Br)cc1. The molecule has 2 N–H and O–H groups in total. The van der Waals surface area contributed by atoms with Crippen molar-refractivity contribution in [3.8, 4) is 79.2 Å². The normalized spacial score (nSPS) is 12.3. The van der Waals surface area contributed by atoms with Crippen molar-refractivity contribution in [2.75, 3.05) is 0 Å². The molecule has 0 saturated heterocycles. The first-order chi connectivity index (χ1) is 33.7. The topological polar surface area (TPSA) is 105 Å². The summed E-state index contributed by atoms with van der Waals surface area (Å²) >= 11 is 8.18. The van der Waals surface area contributed by atoms with E-state index >= 15 is 0 Å². The van der Waals surface area contributed by atoms with Crippen molar-refractivity contribution < 1.29 is 0 Å².